The zero-order valence-electron chi connectivity index (χ0n) is 14.0. The fraction of sp³-hybridized carbons (Fsp3) is 0.200. The van der Waals surface area contributed by atoms with E-state index >= 15 is 0 Å². The van der Waals surface area contributed by atoms with Gasteiger partial charge in [-0.1, -0.05) is 48.5 Å². The van der Waals surface area contributed by atoms with E-state index in [9.17, 15) is 4.79 Å². The van der Waals surface area contributed by atoms with Gasteiger partial charge in [0.25, 0.3) is 0 Å². The third kappa shape index (κ3) is 2.89. The van der Waals surface area contributed by atoms with Crippen LogP contribution in [0.25, 0.3) is 11.1 Å². The monoisotopic (exact) mass is 333 g/mol. The largest absolute Gasteiger partial charge is 0.449 e. The molecule has 2 N–H and O–H groups in total. The van der Waals surface area contributed by atoms with Gasteiger partial charge >= 0.3 is 6.09 Å². The van der Waals surface area contributed by atoms with Crippen LogP contribution in [0.5, 0.6) is 0 Å². The Morgan fingerprint density at radius 1 is 1.12 bits per heavy atom. The minimum Gasteiger partial charge on any atom is -0.449 e. The van der Waals surface area contributed by atoms with Crippen molar-refractivity contribution in [1.29, 1.82) is 0 Å². The normalized spacial score (nSPS) is 12.5. The minimum absolute atomic E-state index is 0.0776. The lowest BCUT2D eigenvalue weighted by Crippen LogP contribution is -2.25. The molecular weight excluding hydrogens is 314 g/mol. The molecule has 126 valence electrons. The molecular formula is C20H19N3O2. The van der Waals surface area contributed by atoms with E-state index < -0.39 is 6.09 Å². The van der Waals surface area contributed by atoms with Crippen LogP contribution in [-0.2, 0) is 11.3 Å². The maximum absolute atomic E-state index is 12.1. The second kappa shape index (κ2) is 6.43. The van der Waals surface area contributed by atoms with Crippen molar-refractivity contribution in [1.82, 2.24) is 15.5 Å². The highest BCUT2D eigenvalue weighted by atomic mass is 16.5. The summed E-state index contributed by atoms with van der Waals surface area (Å²) in [6.07, 6.45) is 1.29. The maximum Gasteiger partial charge on any atom is 0.407 e. The molecule has 0 atom stereocenters. The van der Waals surface area contributed by atoms with Crippen molar-refractivity contribution in [2.75, 3.05) is 6.61 Å². The van der Waals surface area contributed by atoms with E-state index in [0.717, 1.165) is 11.3 Å². The Morgan fingerprint density at radius 3 is 2.36 bits per heavy atom. The van der Waals surface area contributed by atoms with Gasteiger partial charge in [0, 0.05) is 23.7 Å². The van der Waals surface area contributed by atoms with Gasteiger partial charge < -0.3 is 10.1 Å². The number of hydrogen-bond acceptors (Lipinski definition) is 3. The van der Waals surface area contributed by atoms with Crippen LogP contribution in [0.15, 0.2) is 54.7 Å². The lowest BCUT2D eigenvalue weighted by molar-refractivity contribution is 0.142. The zero-order chi connectivity index (χ0) is 17.2. The number of aryl methyl sites for hydroxylation is 1. The fourth-order valence-electron chi connectivity index (χ4n) is 3.37. The first-order chi connectivity index (χ1) is 12.2. The van der Waals surface area contributed by atoms with Crippen molar-refractivity contribution in [3.63, 3.8) is 0 Å². The van der Waals surface area contributed by atoms with Crippen LogP contribution in [-0.4, -0.2) is 22.9 Å². The molecule has 1 amide bonds. The molecule has 5 heteroatoms. The molecule has 0 spiro atoms. The average Bonchev–Trinajstić information content (AvgIpc) is 3.19. The molecule has 0 fully saturated rings. The van der Waals surface area contributed by atoms with E-state index in [-0.39, 0.29) is 5.92 Å². The first-order valence-electron chi connectivity index (χ1n) is 8.31. The Labute approximate surface area is 146 Å². The fourth-order valence-corrected chi connectivity index (χ4v) is 3.37. The number of nitrogens with zero attached hydrogens (tertiary/aromatic N) is 1. The summed E-state index contributed by atoms with van der Waals surface area (Å²) in [7, 11) is 0. The molecule has 1 aromatic heterocycles. The Morgan fingerprint density at radius 2 is 1.76 bits per heavy atom. The number of aromatic nitrogens is 2. The quantitative estimate of drug-likeness (QED) is 0.764. The molecule has 25 heavy (non-hydrogen) atoms. The van der Waals surface area contributed by atoms with E-state index in [1.165, 1.54) is 22.3 Å². The number of rotatable bonds is 4. The third-order valence-electron chi connectivity index (χ3n) is 4.70. The lowest BCUT2D eigenvalue weighted by Gasteiger charge is -2.14. The molecule has 0 bridgehead atoms. The minimum atomic E-state index is -0.414. The van der Waals surface area contributed by atoms with Gasteiger partial charge in [0.1, 0.15) is 6.61 Å². The van der Waals surface area contributed by atoms with E-state index in [2.05, 4.69) is 39.8 Å². The molecule has 1 aliphatic carbocycles. The number of alkyl carbamates (subject to hydrolysis) is 1. The second-order valence-corrected chi connectivity index (χ2v) is 6.20. The zero-order valence-corrected chi connectivity index (χ0v) is 14.0. The van der Waals surface area contributed by atoms with Crippen LogP contribution in [0.1, 0.15) is 28.3 Å². The van der Waals surface area contributed by atoms with Gasteiger partial charge in [-0.3, -0.25) is 5.10 Å². The summed E-state index contributed by atoms with van der Waals surface area (Å²) in [5.74, 6) is 0.0776. The number of carbonyl (C=O) groups excluding carboxylic acids is 1. The van der Waals surface area contributed by atoms with E-state index in [1.807, 2.05) is 31.2 Å². The molecule has 1 heterocycles. The smallest absolute Gasteiger partial charge is 0.407 e. The number of hydrogen-bond donors (Lipinski definition) is 2. The summed E-state index contributed by atoms with van der Waals surface area (Å²) in [6, 6.07) is 16.6. The van der Waals surface area contributed by atoms with Crippen LogP contribution in [0.2, 0.25) is 0 Å². The predicted octanol–water partition coefficient (Wildman–Crippen LogP) is 3.76. The predicted molar refractivity (Wildman–Crippen MR) is 95.2 cm³/mol. The second-order valence-electron chi connectivity index (χ2n) is 6.20. The highest BCUT2D eigenvalue weighted by molar-refractivity contribution is 5.79. The number of ether oxygens (including phenoxy) is 1. The van der Waals surface area contributed by atoms with Crippen LogP contribution in [0.4, 0.5) is 4.79 Å². The summed E-state index contributed by atoms with van der Waals surface area (Å²) in [5.41, 5.74) is 6.76. The number of H-pyrrole nitrogens is 1. The van der Waals surface area contributed by atoms with Gasteiger partial charge in [-0.2, -0.15) is 5.10 Å². The SMILES string of the molecule is Cc1[nH]ncc1CNC(=O)OCC1c2ccccc2-c2ccccc21. The van der Waals surface area contributed by atoms with Crippen LogP contribution in [0.3, 0.4) is 0 Å². The molecule has 2 aromatic carbocycles. The molecule has 4 rings (SSSR count). The summed E-state index contributed by atoms with van der Waals surface area (Å²) < 4.78 is 5.50. The van der Waals surface area contributed by atoms with Crippen LogP contribution >= 0.6 is 0 Å². The first-order valence-corrected chi connectivity index (χ1v) is 8.31. The molecule has 0 saturated heterocycles. The maximum atomic E-state index is 12.1. The van der Waals surface area contributed by atoms with E-state index in [0.29, 0.717) is 13.2 Å². The third-order valence-corrected chi connectivity index (χ3v) is 4.70. The summed E-state index contributed by atoms with van der Waals surface area (Å²) >= 11 is 0. The number of fused-ring (bicyclic) bond motifs is 3. The number of nitrogens with one attached hydrogen (secondary N) is 2. The summed E-state index contributed by atoms with van der Waals surface area (Å²) in [5, 5.41) is 9.57. The molecule has 3 aromatic rings. The number of carbonyl (C=O) groups is 1. The van der Waals surface area contributed by atoms with E-state index in [4.69, 9.17) is 4.74 Å². The molecule has 0 unspecified atom stereocenters. The van der Waals surface area contributed by atoms with Gasteiger partial charge in [0.2, 0.25) is 0 Å². The number of aromatic amines is 1. The van der Waals surface area contributed by atoms with Crippen molar-refractivity contribution in [2.45, 2.75) is 19.4 Å². The van der Waals surface area contributed by atoms with Gasteiger partial charge in [-0.25, -0.2) is 4.79 Å². The molecule has 0 saturated carbocycles. The Hall–Kier alpha value is -3.08. The van der Waals surface area contributed by atoms with Crippen molar-refractivity contribution >= 4 is 6.09 Å². The number of amides is 1. The lowest BCUT2D eigenvalue weighted by atomic mass is 9.98. The highest BCUT2D eigenvalue weighted by Crippen LogP contribution is 2.44. The van der Waals surface area contributed by atoms with Crippen molar-refractivity contribution in [3.8, 4) is 11.1 Å². The Kier molecular flexibility index (Phi) is 3.98. The van der Waals surface area contributed by atoms with Crippen molar-refractivity contribution < 1.29 is 9.53 Å². The Balaban J connectivity index is 1.44. The standard InChI is InChI=1S/C20H19N3O2/c1-13-14(11-22-23-13)10-21-20(24)25-12-19-17-8-4-2-6-15(17)16-7-3-5-9-18(16)19/h2-9,11,19H,10,12H2,1H3,(H,21,24)(H,22,23). The summed E-state index contributed by atoms with van der Waals surface area (Å²) in [6.45, 7) is 2.64. The Bertz CT molecular complexity index is 871. The van der Waals surface area contributed by atoms with Crippen LogP contribution < -0.4 is 5.32 Å². The molecule has 0 radical (unpaired) electrons. The molecule has 1 aliphatic rings. The average molecular weight is 333 g/mol. The van der Waals surface area contributed by atoms with Gasteiger partial charge in [0.15, 0.2) is 0 Å². The first kappa shape index (κ1) is 15.4. The van der Waals surface area contributed by atoms with E-state index in [1.54, 1.807) is 6.20 Å². The van der Waals surface area contributed by atoms with Gasteiger partial charge in [-0.15, -0.1) is 0 Å². The molecule has 5 nitrogen and oxygen atoms in total. The summed E-state index contributed by atoms with van der Waals surface area (Å²) in [4.78, 5) is 12.1. The van der Waals surface area contributed by atoms with Crippen molar-refractivity contribution in [3.05, 3.63) is 77.1 Å². The van der Waals surface area contributed by atoms with Crippen molar-refractivity contribution in [2.24, 2.45) is 0 Å². The van der Waals surface area contributed by atoms with Crippen LogP contribution in [0, 0.1) is 6.92 Å². The molecule has 0 aliphatic heterocycles. The number of benzene rings is 2. The highest BCUT2D eigenvalue weighted by Gasteiger charge is 2.28. The van der Waals surface area contributed by atoms with Gasteiger partial charge in [-0.05, 0) is 29.2 Å². The topological polar surface area (TPSA) is 67.0 Å². The van der Waals surface area contributed by atoms with Gasteiger partial charge in [0.05, 0.1) is 6.20 Å².